The molecule has 1 aliphatic heterocycles. The van der Waals surface area contributed by atoms with Crippen LogP contribution in [0.2, 0.25) is 0 Å². The molecule has 0 aliphatic carbocycles. The summed E-state index contributed by atoms with van der Waals surface area (Å²) in [7, 11) is 1.28. The maximum absolute atomic E-state index is 15.0. The number of halogens is 1. The molecule has 0 spiro atoms. The molecule has 2 aromatic carbocycles. The molecule has 0 radical (unpaired) electrons. The number of benzene rings is 2. The van der Waals surface area contributed by atoms with E-state index in [1.807, 2.05) is 0 Å². The number of hydrogen-bond acceptors (Lipinski definition) is 7. The van der Waals surface area contributed by atoms with E-state index in [4.69, 9.17) is 25.1 Å². The fourth-order valence-electron chi connectivity index (χ4n) is 3.52. The second-order valence-electron chi connectivity index (χ2n) is 7.55. The molecule has 1 heterocycles. The molecule has 0 bridgehead atoms. The maximum Gasteiger partial charge on any atom is 0.407 e. The van der Waals surface area contributed by atoms with Gasteiger partial charge in [-0.15, -0.1) is 0 Å². The Balaban J connectivity index is 1.77. The predicted octanol–water partition coefficient (Wildman–Crippen LogP) is 1.86. The van der Waals surface area contributed by atoms with Gasteiger partial charge in [0, 0.05) is 36.9 Å². The van der Waals surface area contributed by atoms with Crippen LogP contribution in [-0.2, 0) is 4.74 Å². The number of methoxy groups -OCH3 is 1. The molecule has 4 N–H and O–H groups in total. The summed E-state index contributed by atoms with van der Waals surface area (Å²) in [6, 6.07) is 7.30. The summed E-state index contributed by atoms with van der Waals surface area (Å²) >= 11 is 0. The van der Waals surface area contributed by atoms with Crippen molar-refractivity contribution in [3.63, 3.8) is 0 Å². The number of likely N-dealkylation sites (tertiary alicyclic amines) is 1. The second kappa shape index (κ2) is 10.9. The van der Waals surface area contributed by atoms with Crippen molar-refractivity contribution < 1.29 is 38.1 Å². The highest BCUT2D eigenvalue weighted by Crippen LogP contribution is 2.31. The third-order valence-corrected chi connectivity index (χ3v) is 5.38. The van der Waals surface area contributed by atoms with Gasteiger partial charge >= 0.3 is 6.09 Å². The molecule has 1 fully saturated rings. The average molecular weight is 475 g/mol. The number of ketones is 1. The van der Waals surface area contributed by atoms with Crippen LogP contribution in [0.4, 0.5) is 9.18 Å². The van der Waals surface area contributed by atoms with Crippen molar-refractivity contribution in [1.82, 2.24) is 10.2 Å². The Bertz CT molecular complexity index is 1060. The molecule has 0 aromatic heterocycles. The van der Waals surface area contributed by atoms with Gasteiger partial charge in [0.15, 0.2) is 24.1 Å². The molecule has 182 valence electrons. The van der Waals surface area contributed by atoms with Crippen LogP contribution >= 0.6 is 0 Å². The molecule has 2 atom stereocenters. The number of carbonyl (C=O) groups excluding carboxylic acids is 2. The third kappa shape index (κ3) is 5.43. The first-order chi connectivity index (χ1) is 16.3. The zero-order chi connectivity index (χ0) is 24.8. The van der Waals surface area contributed by atoms with Crippen LogP contribution in [0.15, 0.2) is 36.4 Å². The van der Waals surface area contributed by atoms with Crippen LogP contribution < -0.4 is 20.5 Å². The van der Waals surface area contributed by atoms with Crippen molar-refractivity contribution in [2.24, 2.45) is 5.73 Å². The van der Waals surface area contributed by atoms with Crippen molar-refractivity contribution >= 4 is 17.8 Å². The van der Waals surface area contributed by atoms with Crippen molar-refractivity contribution in [2.75, 3.05) is 33.6 Å². The Labute approximate surface area is 195 Å². The van der Waals surface area contributed by atoms with Crippen molar-refractivity contribution in [2.45, 2.75) is 19.0 Å². The van der Waals surface area contributed by atoms with Crippen molar-refractivity contribution in [3.05, 3.63) is 58.9 Å². The summed E-state index contributed by atoms with van der Waals surface area (Å²) in [6.07, 6.45) is -1.11. The molecule has 1 saturated heterocycles. The van der Waals surface area contributed by atoms with Crippen LogP contribution in [-0.4, -0.2) is 73.5 Å². The van der Waals surface area contributed by atoms with E-state index >= 15 is 0 Å². The lowest BCUT2D eigenvalue weighted by Crippen LogP contribution is -2.46. The fraction of sp³-hybridized carbons (Fsp3) is 0.348. The standard InChI is InChI=1S/C23H26FN3O7/c1-3-33-12-34-17-8-9-18(32-2)20(24)19(17)21(28)13-4-6-14(7-5-13)22(29)26-16-11-27(23(30)31)10-15(16)25/h4-9,15-16H,3,10-12,25H2,1-2H3,(H,26,29)(H,30,31)/t15-,16-/m0/s1. The Morgan fingerprint density at radius 3 is 2.35 bits per heavy atom. The minimum atomic E-state index is -1.11. The number of amides is 2. The molecule has 11 heteroatoms. The van der Waals surface area contributed by atoms with E-state index in [1.165, 1.54) is 43.5 Å². The second-order valence-corrected chi connectivity index (χ2v) is 7.55. The van der Waals surface area contributed by atoms with E-state index in [-0.39, 0.29) is 48.1 Å². The Kier molecular flexibility index (Phi) is 8.03. The van der Waals surface area contributed by atoms with Gasteiger partial charge in [-0.25, -0.2) is 9.18 Å². The SMILES string of the molecule is CCOCOc1ccc(OC)c(F)c1C(=O)c1ccc(C(=O)N[C@H]2CN(C(=O)O)C[C@@H]2N)cc1. The van der Waals surface area contributed by atoms with Gasteiger partial charge in [0.1, 0.15) is 11.3 Å². The summed E-state index contributed by atoms with van der Waals surface area (Å²) in [4.78, 5) is 37.9. The molecule has 10 nitrogen and oxygen atoms in total. The van der Waals surface area contributed by atoms with E-state index < -0.39 is 35.7 Å². The number of nitrogens with two attached hydrogens (primary N) is 1. The summed E-state index contributed by atoms with van der Waals surface area (Å²) < 4.78 is 30.5. The quantitative estimate of drug-likeness (QED) is 0.284. The molecule has 3 rings (SSSR count). The lowest BCUT2D eigenvalue weighted by atomic mass is 10.00. The van der Waals surface area contributed by atoms with Gasteiger partial charge < -0.3 is 35.3 Å². The smallest absolute Gasteiger partial charge is 0.407 e. The summed E-state index contributed by atoms with van der Waals surface area (Å²) in [5.41, 5.74) is 5.97. The molecule has 0 unspecified atom stereocenters. The maximum atomic E-state index is 15.0. The number of hydrogen-bond donors (Lipinski definition) is 3. The van der Waals surface area contributed by atoms with Gasteiger partial charge in [-0.1, -0.05) is 12.1 Å². The number of nitrogens with one attached hydrogen (secondary N) is 1. The van der Waals surface area contributed by atoms with Gasteiger partial charge in [-0.05, 0) is 31.2 Å². The van der Waals surface area contributed by atoms with Crippen LogP contribution in [0, 0.1) is 5.82 Å². The summed E-state index contributed by atoms with van der Waals surface area (Å²) in [5.74, 6) is -2.13. The van der Waals surface area contributed by atoms with Crippen molar-refractivity contribution in [1.29, 1.82) is 0 Å². The van der Waals surface area contributed by atoms with Gasteiger partial charge in [0.05, 0.1) is 13.2 Å². The Morgan fingerprint density at radius 1 is 1.12 bits per heavy atom. The fourth-order valence-corrected chi connectivity index (χ4v) is 3.52. The summed E-state index contributed by atoms with van der Waals surface area (Å²) in [5, 5.41) is 11.8. The largest absolute Gasteiger partial charge is 0.494 e. The van der Waals surface area contributed by atoms with Crippen LogP contribution in [0.25, 0.3) is 0 Å². The Morgan fingerprint density at radius 2 is 1.76 bits per heavy atom. The van der Waals surface area contributed by atoms with E-state index in [9.17, 15) is 18.8 Å². The van der Waals surface area contributed by atoms with Gasteiger partial charge in [-0.2, -0.15) is 0 Å². The highest BCUT2D eigenvalue weighted by Gasteiger charge is 2.34. The molecular weight excluding hydrogens is 449 g/mol. The minimum absolute atomic E-state index is 0.00299. The number of nitrogens with zero attached hydrogens (tertiary/aromatic N) is 1. The number of carbonyl (C=O) groups is 3. The highest BCUT2D eigenvalue weighted by molar-refractivity contribution is 6.11. The zero-order valence-electron chi connectivity index (χ0n) is 18.7. The molecular formula is C23H26FN3O7. The van der Waals surface area contributed by atoms with Gasteiger partial charge in [0.25, 0.3) is 5.91 Å². The molecule has 34 heavy (non-hydrogen) atoms. The van der Waals surface area contributed by atoms with E-state index in [2.05, 4.69) is 5.32 Å². The average Bonchev–Trinajstić information content (AvgIpc) is 3.19. The molecule has 0 saturated carbocycles. The van der Waals surface area contributed by atoms with Crippen LogP contribution in [0.3, 0.4) is 0 Å². The third-order valence-electron chi connectivity index (χ3n) is 5.38. The lowest BCUT2D eigenvalue weighted by molar-refractivity contribution is 0.0217. The first kappa shape index (κ1) is 24.9. The first-order valence-electron chi connectivity index (χ1n) is 10.5. The van der Waals surface area contributed by atoms with Gasteiger partial charge in [-0.3, -0.25) is 9.59 Å². The molecule has 1 aliphatic rings. The molecule has 2 amide bonds. The number of carboxylic acid groups (broad SMARTS) is 1. The lowest BCUT2D eigenvalue weighted by Gasteiger charge is -2.16. The first-order valence-corrected chi connectivity index (χ1v) is 10.5. The van der Waals surface area contributed by atoms with Crippen molar-refractivity contribution in [3.8, 4) is 11.5 Å². The minimum Gasteiger partial charge on any atom is -0.494 e. The zero-order valence-corrected chi connectivity index (χ0v) is 18.7. The Hall–Kier alpha value is -3.70. The number of ether oxygens (including phenoxy) is 3. The van der Waals surface area contributed by atoms with E-state index in [1.54, 1.807) is 6.92 Å². The van der Waals surface area contributed by atoms with E-state index in [0.29, 0.717) is 6.61 Å². The van der Waals surface area contributed by atoms with Gasteiger partial charge in [0.2, 0.25) is 0 Å². The molecule has 2 aromatic rings. The van der Waals surface area contributed by atoms with E-state index in [0.717, 1.165) is 4.90 Å². The van der Waals surface area contributed by atoms with Crippen LogP contribution in [0.1, 0.15) is 33.2 Å². The monoisotopic (exact) mass is 475 g/mol. The normalized spacial score (nSPS) is 17.4. The topological polar surface area (TPSA) is 140 Å². The highest BCUT2D eigenvalue weighted by atomic mass is 19.1. The predicted molar refractivity (Wildman–Crippen MR) is 119 cm³/mol. The summed E-state index contributed by atoms with van der Waals surface area (Å²) in [6.45, 7) is 2.19. The number of rotatable bonds is 9. The van der Waals surface area contributed by atoms with Crippen LogP contribution in [0.5, 0.6) is 11.5 Å².